The van der Waals surface area contributed by atoms with Crippen LogP contribution in [0.2, 0.25) is 0 Å². The summed E-state index contributed by atoms with van der Waals surface area (Å²) in [6.45, 7) is 4.01. The van der Waals surface area contributed by atoms with Crippen molar-refractivity contribution in [3.63, 3.8) is 0 Å². The van der Waals surface area contributed by atoms with Crippen molar-refractivity contribution >= 4 is 23.1 Å². The van der Waals surface area contributed by atoms with Gasteiger partial charge >= 0.3 is 0 Å². The van der Waals surface area contributed by atoms with Crippen LogP contribution in [0.3, 0.4) is 0 Å². The van der Waals surface area contributed by atoms with Crippen LogP contribution in [-0.2, 0) is 19.2 Å². The monoisotopic (exact) mass is 316 g/mol. The van der Waals surface area contributed by atoms with Crippen LogP contribution in [0.1, 0.15) is 58.8 Å². The first-order valence-corrected chi connectivity index (χ1v) is 8.89. The molecular formula is C19H24O4. The Morgan fingerprint density at radius 3 is 2.48 bits per heavy atom. The van der Waals surface area contributed by atoms with E-state index in [1.165, 1.54) is 0 Å². The number of Topliss-reactive ketones (excluding diaryl/α,β-unsaturated/α-hetero) is 4. The first-order chi connectivity index (χ1) is 10.8. The summed E-state index contributed by atoms with van der Waals surface area (Å²) in [5.41, 5.74) is -0.882. The first kappa shape index (κ1) is 15.2. The van der Waals surface area contributed by atoms with E-state index in [0.717, 1.165) is 19.3 Å². The molecule has 0 saturated heterocycles. The minimum atomic E-state index is -0.761. The van der Waals surface area contributed by atoms with E-state index in [1.807, 2.05) is 6.92 Å². The van der Waals surface area contributed by atoms with Gasteiger partial charge in [0.1, 0.15) is 11.6 Å². The fourth-order valence-electron chi connectivity index (χ4n) is 6.47. The van der Waals surface area contributed by atoms with Gasteiger partial charge < -0.3 is 0 Å². The number of carbonyl (C=O) groups excluding carboxylic acids is 4. The van der Waals surface area contributed by atoms with Gasteiger partial charge in [-0.1, -0.05) is 13.8 Å². The molecule has 0 aromatic heterocycles. The highest BCUT2D eigenvalue weighted by molar-refractivity contribution is 6.41. The maximum atomic E-state index is 13.0. The summed E-state index contributed by atoms with van der Waals surface area (Å²) in [5, 5.41) is 0. The second kappa shape index (κ2) is 4.61. The van der Waals surface area contributed by atoms with Crippen LogP contribution in [0.4, 0.5) is 0 Å². The number of fused-ring (bicyclic) bond motifs is 5. The standard InChI is InChI=1S/C19H24O4/c1-18-6-5-11(20)7-10(18)3-4-12-13-8-14(21)17(23)19(13,2)9-15(22)16(12)18/h10,12-13,16H,3-9H2,1-2H3/t10-,12-,13-,16+,18-,19-/m0/s1. The van der Waals surface area contributed by atoms with E-state index < -0.39 is 5.41 Å². The molecule has 4 aliphatic rings. The zero-order chi connectivity index (χ0) is 16.6. The maximum absolute atomic E-state index is 13.0. The van der Waals surface area contributed by atoms with Crippen molar-refractivity contribution in [1.29, 1.82) is 0 Å². The van der Waals surface area contributed by atoms with Gasteiger partial charge in [0, 0.05) is 37.0 Å². The topological polar surface area (TPSA) is 68.3 Å². The third kappa shape index (κ3) is 1.84. The number of ketones is 4. The molecule has 0 aromatic carbocycles. The second-order valence-corrected chi connectivity index (χ2v) is 8.79. The van der Waals surface area contributed by atoms with Gasteiger partial charge in [-0.3, -0.25) is 19.2 Å². The quantitative estimate of drug-likeness (QED) is 0.644. The summed E-state index contributed by atoms with van der Waals surface area (Å²) in [6.07, 6.45) is 4.34. The Bertz CT molecular complexity index is 635. The van der Waals surface area contributed by atoms with E-state index in [1.54, 1.807) is 0 Å². The third-order valence-corrected chi connectivity index (χ3v) is 7.74. The number of carbonyl (C=O) groups is 4. The fourth-order valence-corrected chi connectivity index (χ4v) is 6.47. The molecule has 4 rings (SSSR count). The molecule has 0 spiro atoms. The molecule has 6 atom stereocenters. The molecule has 124 valence electrons. The normalized spacial score (nSPS) is 49.7. The van der Waals surface area contributed by atoms with Crippen LogP contribution in [0.15, 0.2) is 0 Å². The second-order valence-electron chi connectivity index (χ2n) is 8.79. The van der Waals surface area contributed by atoms with Crippen LogP contribution < -0.4 is 0 Å². The van der Waals surface area contributed by atoms with Gasteiger partial charge in [0.05, 0.1) is 0 Å². The highest BCUT2D eigenvalue weighted by Gasteiger charge is 2.65. The van der Waals surface area contributed by atoms with E-state index in [-0.39, 0.29) is 46.9 Å². The van der Waals surface area contributed by atoms with Crippen molar-refractivity contribution in [1.82, 2.24) is 0 Å². The Kier molecular flexibility index (Phi) is 3.05. The lowest BCUT2D eigenvalue weighted by atomic mass is 9.45. The molecule has 0 N–H and O–H groups in total. The van der Waals surface area contributed by atoms with Gasteiger partial charge in [0.15, 0.2) is 5.78 Å². The van der Waals surface area contributed by atoms with Gasteiger partial charge in [0.25, 0.3) is 0 Å². The van der Waals surface area contributed by atoms with Crippen molar-refractivity contribution < 1.29 is 19.2 Å². The number of hydrogen-bond acceptors (Lipinski definition) is 4. The molecule has 4 aliphatic carbocycles. The van der Waals surface area contributed by atoms with Crippen LogP contribution in [0, 0.1) is 34.5 Å². The average molecular weight is 316 g/mol. The lowest BCUT2D eigenvalue weighted by Gasteiger charge is -2.57. The largest absolute Gasteiger partial charge is 0.300 e. The SMILES string of the molecule is C[C@]12CCC(=O)C[C@@H]1CC[C@@H]1[C@@H]2C(=O)C[C@]2(C)C(=O)C(=O)C[C@@H]12. The predicted octanol–water partition coefficient (Wildman–Crippen LogP) is 2.53. The van der Waals surface area contributed by atoms with E-state index in [9.17, 15) is 19.2 Å². The fraction of sp³-hybridized carbons (Fsp3) is 0.789. The molecule has 0 heterocycles. The maximum Gasteiger partial charge on any atom is 0.204 e. The smallest absolute Gasteiger partial charge is 0.204 e. The van der Waals surface area contributed by atoms with Gasteiger partial charge in [-0.05, 0) is 42.4 Å². The summed E-state index contributed by atoms with van der Waals surface area (Å²) in [4.78, 5) is 49.2. The molecule has 0 aliphatic heterocycles. The Labute approximate surface area is 136 Å². The molecule has 0 radical (unpaired) electrons. The van der Waals surface area contributed by atoms with Gasteiger partial charge in [0.2, 0.25) is 5.78 Å². The van der Waals surface area contributed by atoms with Crippen molar-refractivity contribution in [2.75, 3.05) is 0 Å². The Hall–Kier alpha value is -1.32. The number of hydrogen-bond donors (Lipinski definition) is 0. The summed E-state index contributed by atoms with van der Waals surface area (Å²) in [6, 6.07) is 0. The molecular weight excluding hydrogens is 292 g/mol. The van der Waals surface area contributed by atoms with Gasteiger partial charge in [-0.15, -0.1) is 0 Å². The third-order valence-electron chi connectivity index (χ3n) is 7.74. The lowest BCUT2D eigenvalue weighted by Crippen LogP contribution is -2.57. The molecule has 23 heavy (non-hydrogen) atoms. The van der Waals surface area contributed by atoms with Crippen molar-refractivity contribution in [3.8, 4) is 0 Å². The molecule has 0 unspecified atom stereocenters. The lowest BCUT2D eigenvalue weighted by molar-refractivity contribution is -0.161. The molecule has 4 fully saturated rings. The summed E-state index contributed by atoms with van der Waals surface area (Å²) >= 11 is 0. The summed E-state index contributed by atoms with van der Waals surface area (Å²) < 4.78 is 0. The van der Waals surface area contributed by atoms with E-state index >= 15 is 0 Å². The Morgan fingerprint density at radius 1 is 1.00 bits per heavy atom. The molecule has 0 aromatic rings. The van der Waals surface area contributed by atoms with Crippen molar-refractivity contribution in [2.45, 2.75) is 58.8 Å². The van der Waals surface area contributed by atoms with Gasteiger partial charge in [-0.2, -0.15) is 0 Å². The van der Waals surface area contributed by atoms with Crippen molar-refractivity contribution in [3.05, 3.63) is 0 Å². The summed E-state index contributed by atoms with van der Waals surface area (Å²) in [5.74, 6) is 0.296. The zero-order valence-electron chi connectivity index (χ0n) is 13.9. The predicted molar refractivity (Wildman–Crippen MR) is 82.5 cm³/mol. The Morgan fingerprint density at radius 2 is 1.74 bits per heavy atom. The summed E-state index contributed by atoms with van der Waals surface area (Å²) in [7, 11) is 0. The van der Waals surface area contributed by atoms with Gasteiger partial charge in [-0.25, -0.2) is 0 Å². The van der Waals surface area contributed by atoms with Crippen LogP contribution in [-0.4, -0.2) is 23.1 Å². The van der Waals surface area contributed by atoms with E-state index in [4.69, 9.17) is 0 Å². The minimum Gasteiger partial charge on any atom is -0.300 e. The molecule has 0 amide bonds. The van der Waals surface area contributed by atoms with Crippen LogP contribution >= 0.6 is 0 Å². The van der Waals surface area contributed by atoms with Crippen LogP contribution in [0.5, 0.6) is 0 Å². The first-order valence-electron chi connectivity index (χ1n) is 8.89. The number of rotatable bonds is 0. The highest BCUT2D eigenvalue weighted by atomic mass is 16.2. The zero-order valence-corrected chi connectivity index (χ0v) is 13.9. The molecule has 4 heteroatoms. The van der Waals surface area contributed by atoms with Crippen LogP contribution in [0.25, 0.3) is 0 Å². The molecule has 0 bridgehead atoms. The average Bonchev–Trinajstić information content (AvgIpc) is 2.71. The highest BCUT2D eigenvalue weighted by Crippen LogP contribution is 2.63. The Balaban J connectivity index is 1.74. The van der Waals surface area contributed by atoms with E-state index in [0.29, 0.717) is 31.0 Å². The molecule has 4 nitrogen and oxygen atoms in total. The van der Waals surface area contributed by atoms with Crippen molar-refractivity contribution in [2.24, 2.45) is 34.5 Å². The molecule has 4 saturated carbocycles. The minimum absolute atomic E-state index is 0.0283. The van der Waals surface area contributed by atoms with E-state index in [2.05, 4.69) is 6.92 Å².